The summed E-state index contributed by atoms with van der Waals surface area (Å²) in [5, 5.41) is 13.9. The zero-order valence-electron chi connectivity index (χ0n) is 14.9. The number of nitrogens with zero attached hydrogens (tertiary/aromatic N) is 2. The van der Waals surface area contributed by atoms with Crippen LogP contribution in [0, 0.1) is 0 Å². The Kier molecular flexibility index (Phi) is 4.68. The van der Waals surface area contributed by atoms with Crippen LogP contribution in [-0.2, 0) is 11.2 Å². The second kappa shape index (κ2) is 7.44. The first kappa shape index (κ1) is 17.6. The zero-order valence-corrected chi connectivity index (χ0v) is 14.9. The van der Waals surface area contributed by atoms with Gasteiger partial charge in [0.2, 0.25) is 0 Å². The Labute approximate surface area is 160 Å². The number of pyridine rings is 2. The Morgan fingerprint density at radius 2 is 1.64 bits per heavy atom. The summed E-state index contributed by atoms with van der Waals surface area (Å²) in [6.45, 7) is 0. The van der Waals surface area contributed by atoms with Crippen molar-refractivity contribution < 1.29 is 14.7 Å². The molecule has 0 aliphatic rings. The van der Waals surface area contributed by atoms with Crippen LogP contribution in [-0.4, -0.2) is 33.0 Å². The van der Waals surface area contributed by atoms with Crippen LogP contribution in [0.15, 0.2) is 72.9 Å². The fourth-order valence-electron chi connectivity index (χ4n) is 3.07. The first-order valence-corrected chi connectivity index (χ1v) is 8.83. The van der Waals surface area contributed by atoms with Crippen molar-refractivity contribution >= 4 is 33.7 Å². The maximum Gasteiger partial charge on any atom is 0.326 e. The Hall–Kier alpha value is -3.80. The summed E-state index contributed by atoms with van der Waals surface area (Å²) in [5.41, 5.74) is 2.47. The number of aromatic nitrogens is 2. The lowest BCUT2D eigenvalue weighted by Gasteiger charge is -2.14. The first-order valence-electron chi connectivity index (χ1n) is 8.83. The highest BCUT2D eigenvalue weighted by atomic mass is 16.4. The molecule has 4 aromatic rings. The predicted octanol–water partition coefficient (Wildman–Crippen LogP) is 3.21. The van der Waals surface area contributed by atoms with Gasteiger partial charge in [-0.3, -0.25) is 14.8 Å². The molecular formula is C22H17N3O3. The molecule has 2 heterocycles. The van der Waals surface area contributed by atoms with E-state index in [-0.39, 0.29) is 6.42 Å². The highest BCUT2D eigenvalue weighted by Crippen LogP contribution is 2.15. The van der Waals surface area contributed by atoms with Crippen LogP contribution in [0.2, 0.25) is 0 Å². The van der Waals surface area contributed by atoms with Crippen LogP contribution >= 0.6 is 0 Å². The van der Waals surface area contributed by atoms with Gasteiger partial charge in [-0.1, -0.05) is 42.5 Å². The number of carbonyl (C=O) groups is 2. The third-order valence-electron chi connectivity index (χ3n) is 4.53. The molecule has 2 aromatic heterocycles. The second-order valence-electron chi connectivity index (χ2n) is 6.48. The van der Waals surface area contributed by atoms with Crippen LogP contribution in [0.3, 0.4) is 0 Å². The molecule has 6 nitrogen and oxygen atoms in total. The number of carboxylic acids is 1. The van der Waals surface area contributed by atoms with Crippen LogP contribution in [0.1, 0.15) is 16.1 Å². The first-order chi connectivity index (χ1) is 13.6. The van der Waals surface area contributed by atoms with E-state index in [4.69, 9.17) is 0 Å². The summed E-state index contributed by atoms with van der Waals surface area (Å²) in [6.07, 6.45) is 1.54. The molecule has 0 aliphatic heterocycles. The molecule has 0 saturated carbocycles. The number of carboxylic acid groups (broad SMARTS) is 1. The molecule has 0 spiro atoms. The minimum absolute atomic E-state index is 0.0902. The van der Waals surface area contributed by atoms with Gasteiger partial charge in [0.15, 0.2) is 0 Å². The molecule has 2 aromatic carbocycles. The zero-order chi connectivity index (χ0) is 19.5. The van der Waals surface area contributed by atoms with Gasteiger partial charge in [0.05, 0.1) is 16.6 Å². The molecule has 1 amide bonds. The van der Waals surface area contributed by atoms with E-state index in [2.05, 4.69) is 15.3 Å². The van der Waals surface area contributed by atoms with Gasteiger partial charge in [-0.25, -0.2) is 4.79 Å². The molecule has 4 rings (SSSR count). The van der Waals surface area contributed by atoms with Crippen LogP contribution < -0.4 is 5.32 Å². The average molecular weight is 371 g/mol. The number of amides is 1. The lowest BCUT2D eigenvalue weighted by molar-refractivity contribution is -0.139. The van der Waals surface area contributed by atoms with Crippen LogP contribution in [0.5, 0.6) is 0 Å². The van der Waals surface area contributed by atoms with Crippen molar-refractivity contribution in [3.8, 4) is 0 Å². The Bertz CT molecular complexity index is 1190. The largest absolute Gasteiger partial charge is 0.480 e. The number of para-hydroxylation sites is 2. The molecule has 0 bridgehead atoms. The molecule has 1 atom stereocenters. The summed E-state index contributed by atoms with van der Waals surface area (Å²) in [6, 6.07) is 19.3. The van der Waals surface area contributed by atoms with Gasteiger partial charge in [-0.2, -0.15) is 0 Å². The number of hydrogen-bond acceptors (Lipinski definition) is 4. The Balaban J connectivity index is 1.55. The van der Waals surface area contributed by atoms with E-state index in [9.17, 15) is 14.7 Å². The topological polar surface area (TPSA) is 92.2 Å². The van der Waals surface area contributed by atoms with E-state index < -0.39 is 17.9 Å². The predicted molar refractivity (Wildman–Crippen MR) is 106 cm³/mol. The van der Waals surface area contributed by atoms with Crippen molar-refractivity contribution in [1.29, 1.82) is 0 Å². The molecule has 28 heavy (non-hydrogen) atoms. The number of hydrogen-bond donors (Lipinski definition) is 2. The molecule has 6 heteroatoms. The molecule has 2 N–H and O–H groups in total. The lowest BCUT2D eigenvalue weighted by atomic mass is 10.1. The Morgan fingerprint density at radius 1 is 0.929 bits per heavy atom. The van der Waals surface area contributed by atoms with Gasteiger partial charge in [0.1, 0.15) is 6.04 Å². The number of rotatable bonds is 5. The SMILES string of the molecule is O=C(N[C@H](Cc1ccc2ccccc2n1)C(=O)O)c1cnc2ccccc2c1. The fraction of sp³-hybridized carbons (Fsp3) is 0.0909. The van der Waals surface area contributed by atoms with Crippen molar-refractivity contribution in [3.05, 3.63) is 84.2 Å². The molecule has 138 valence electrons. The average Bonchev–Trinajstić information content (AvgIpc) is 2.72. The minimum Gasteiger partial charge on any atom is -0.480 e. The fourth-order valence-corrected chi connectivity index (χ4v) is 3.07. The van der Waals surface area contributed by atoms with Crippen molar-refractivity contribution in [2.24, 2.45) is 0 Å². The molecular weight excluding hydrogens is 354 g/mol. The van der Waals surface area contributed by atoms with Crippen molar-refractivity contribution in [3.63, 3.8) is 0 Å². The van der Waals surface area contributed by atoms with Gasteiger partial charge >= 0.3 is 5.97 Å². The number of nitrogens with one attached hydrogen (secondary N) is 1. The number of fused-ring (bicyclic) bond motifs is 2. The van der Waals surface area contributed by atoms with Gasteiger partial charge in [0.25, 0.3) is 5.91 Å². The maximum absolute atomic E-state index is 12.6. The molecule has 0 fully saturated rings. The summed E-state index contributed by atoms with van der Waals surface area (Å²) >= 11 is 0. The standard InChI is InChI=1S/C22H17N3O3/c26-21(16-11-15-6-2-3-7-18(15)23-13-16)25-20(22(27)28)12-17-10-9-14-5-1-4-8-19(14)24-17/h1-11,13,20H,12H2,(H,25,26)(H,27,28)/t20-/m1/s1. The van der Waals surface area contributed by atoms with E-state index in [0.717, 1.165) is 21.8 Å². The van der Waals surface area contributed by atoms with E-state index in [0.29, 0.717) is 11.3 Å². The highest BCUT2D eigenvalue weighted by molar-refractivity contribution is 5.99. The van der Waals surface area contributed by atoms with Crippen molar-refractivity contribution in [2.75, 3.05) is 0 Å². The van der Waals surface area contributed by atoms with Crippen LogP contribution in [0.25, 0.3) is 21.8 Å². The molecule has 0 saturated heterocycles. The third-order valence-corrected chi connectivity index (χ3v) is 4.53. The van der Waals surface area contributed by atoms with Crippen molar-refractivity contribution in [2.45, 2.75) is 12.5 Å². The van der Waals surface area contributed by atoms with Crippen molar-refractivity contribution in [1.82, 2.24) is 15.3 Å². The second-order valence-corrected chi connectivity index (χ2v) is 6.48. The summed E-state index contributed by atoms with van der Waals surface area (Å²) < 4.78 is 0. The third kappa shape index (κ3) is 3.66. The number of carbonyl (C=O) groups excluding carboxylic acids is 1. The van der Waals surface area contributed by atoms with E-state index in [1.165, 1.54) is 6.20 Å². The lowest BCUT2D eigenvalue weighted by Crippen LogP contribution is -2.42. The number of aliphatic carboxylic acids is 1. The normalized spacial score (nSPS) is 12.0. The smallest absolute Gasteiger partial charge is 0.326 e. The van der Waals surface area contributed by atoms with Gasteiger partial charge in [-0.05, 0) is 24.3 Å². The molecule has 0 unspecified atom stereocenters. The van der Waals surface area contributed by atoms with E-state index in [1.807, 2.05) is 54.6 Å². The highest BCUT2D eigenvalue weighted by Gasteiger charge is 2.22. The van der Waals surface area contributed by atoms with Crippen LogP contribution in [0.4, 0.5) is 0 Å². The minimum atomic E-state index is -1.11. The summed E-state index contributed by atoms with van der Waals surface area (Å²) in [5.74, 6) is -1.59. The Morgan fingerprint density at radius 3 is 2.43 bits per heavy atom. The molecule has 0 aliphatic carbocycles. The van der Waals surface area contributed by atoms with Gasteiger partial charge in [-0.15, -0.1) is 0 Å². The molecule has 0 radical (unpaired) electrons. The number of benzene rings is 2. The van der Waals surface area contributed by atoms with Gasteiger partial charge in [0, 0.05) is 29.1 Å². The quantitative estimate of drug-likeness (QED) is 0.562. The monoisotopic (exact) mass is 371 g/mol. The maximum atomic E-state index is 12.6. The van der Waals surface area contributed by atoms with E-state index in [1.54, 1.807) is 12.1 Å². The summed E-state index contributed by atoms with van der Waals surface area (Å²) in [4.78, 5) is 33.0. The van der Waals surface area contributed by atoms with Gasteiger partial charge < -0.3 is 10.4 Å². The van der Waals surface area contributed by atoms with E-state index >= 15 is 0 Å². The summed E-state index contributed by atoms with van der Waals surface area (Å²) in [7, 11) is 0.